The summed E-state index contributed by atoms with van der Waals surface area (Å²) in [5.41, 5.74) is 9.06. The van der Waals surface area contributed by atoms with E-state index in [-0.39, 0.29) is 23.8 Å². The molecule has 0 spiro atoms. The molecule has 0 fully saturated rings. The van der Waals surface area contributed by atoms with E-state index < -0.39 is 18.5 Å². The monoisotopic (exact) mass is 426 g/mol. The normalized spacial score (nSPS) is 15.3. The van der Waals surface area contributed by atoms with E-state index in [1.54, 1.807) is 36.0 Å². The summed E-state index contributed by atoms with van der Waals surface area (Å²) >= 11 is 0. The first kappa shape index (κ1) is 19.2. The molecule has 158 valence electrons. The number of halogens is 3. The molecule has 0 aliphatic carbocycles. The molecule has 10 heteroatoms. The first-order valence-electron chi connectivity index (χ1n) is 9.51. The van der Waals surface area contributed by atoms with Crippen LogP contribution in [0.5, 0.6) is 5.75 Å². The minimum absolute atomic E-state index is 0.0975. The van der Waals surface area contributed by atoms with Crippen LogP contribution in [0.25, 0.3) is 22.5 Å². The average molecular weight is 426 g/mol. The molecular weight excluding hydrogens is 409 g/mol. The zero-order valence-electron chi connectivity index (χ0n) is 16.3. The molecule has 31 heavy (non-hydrogen) atoms. The Balaban J connectivity index is 1.80. The lowest BCUT2D eigenvalue weighted by Crippen LogP contribution is -2.12. The molecule has 4 aromatic rings. The van der Waals surface area contributed by atoms with Crippen molar-refractivity contribution in [2.75, 3.05) is 5.73 Å². The van der Waals surface area contributed by atoms with Crippen LogP contribution in [0.15, 0.2) is 48.9 Å². The molecule has 4 heterocycles. The minimum atomic E-state index is -2.85. The lowest BCUT2D eigenvalue weighted by Gasteiger charge is -2.21. The van der Waals surface area contributed by atoms with Crippen molar-refractivity contribution in [2.24, 2.45) is 0 Å². The fraction of sp³-hybridized carbons (Fsp3) is 0.190. The highest BCUT2D eigenvalue weighted by Crippen LogP contribution is 2.37. The van der Waals surface area contributed by atoms with Gasteiger partial charge in [0.1, 0.15) is 11.9 Å². The van der Waals surface area contributed by atoms with Crippen molar-refractivity contribution in [2.45, 2.75) is 26.1 Å². The molecule has 0 amide bonds. The highest BCUT2D eigenvalue weighted by atomic mass is 19.3. The Labute approximate surface area is 174 Å². The topological polar surface area (TPSA) is 83.8 Å². The van der Waals surface area contributed by atoms with Gasteiger partial charge in [-0.15, -0.1) is 0 Å². The van der Waals surface area contributed by atoms with Gasteiger partial charge in [0.05, 0.1) is 24.1 Å². The largest absolute Gasteiger partial charge is 0.482 e. The maximum Gasteiger partial charge on any atom is 0.333 e. The molecule has 3 aromatic heterocycles. The van der Waals surface area contributed by atoms with Gasteiger partial charge in [-0.2, -0.15) is 19.0 Å². The van der Waals surface area contributed by atoms with Crippen LogP contribution in [0.3, 0.4) is 0 Å². The van der Waals surface area contributed by atoms with Crippen molar-refractivity contribution in [1.82, 2.24) is 24.5 Å². The van der Waals surface area contributed by atoms with E-state index in [4.69, 9.17) is 10.5 Å². The van der Waals surface area contributed by atoms with Crippen LogP contribution >= 0.6 is 0 Å². The van der Waals surface area contributed by atoms with Gasteiger partial charge in [-0.3, -0.25) is 4.68 Å². The van der Waals surface area contributed by atoms with E-state index in [0.717, 1.165) is 0 Å². The van der Waals surface area contributed by atoms with Crippen molar-refractivity contribution in [3.63, 3.8) is 0 Å². The first-order chi connectivity index (χ1) is 14.9. The summed E-state index contributed by atoms with van der Waals surface area (Å²) in [7, 11) is 0. The number of hydrogen-bond donors (Lipinski definition) is 1. The second-order valence-corrected chi connectivity index (χ2v) is 7.21. The number of nitrogen functional groups attached to an aromatic ring is 1. The number of alkyl halides is 2. The average Bonchev–Trinajstić information content (AvgIpc) is 3.36. The van der Waals surface area contributed by atoms with Crippen LogP contribution in [0, 0.1) is 5.82 Å². The lowest BCUT2D eigenvalue weighted by molar-refractivity contribution is 0.0584. The van der Waals surface area contributed by atoms with Crippen molar-refractivity contribution in [3.8, 4) is 28.3 Å². The highest BCUT2D eigenvalue weighted by Gasteiger charge is 2.24. The van der Waals surface area contributed by atoms with E-state index in [1.807, 2.05) is 0 Å². The van der Waals surface area contributed by atoms with Crippen LogP contribution in [0.1, 0.15) is 30.7 Å². The predicted molar refractivity (Wildman–Crippen MR) is 107 cm³/mol. The van der Waals surface area contributed by atoms with Crippen molar-refractivity contribution in [3.05, 3.63) is 65.9 Å². The Kier molecular flexibility index (Phi) is 4.42. The minimum Gasteiger partial charge on any atom is -0.482 e. The molecule has 2 bridgehead atoms. The molecule has 0 saturated heterocycles. The van der Waals surface area contributed by atoms with E-state index >= 15 is 0 Å². The molecule has 2 N–H and O–H groups in total. The molecule has 1 aromatic carbocycles. The second kappa shape index (κ2) is 7.15. The summed E-state index contributed by atoms with van der Waals surface area (Å²) in [6, 6.07) is 7.72. The number of nitrogens with zero attached hydrogens (tertiary/aromatic N) is 5. The fourth-order valence-electron chi connectivity index (χ4n) is 3.86. The number of aromatic nitrogens is 5. The second-order valence-electron chi connectivity index (χ2n) is 7.21. The van der Waals surface area contributed by atoms with Gasteiger partial charge >= 0.3 is 6.55 Å². The zero-order valence-corrected chi connectivity index (χ0v) is 16.3. The van der Waals surface area contributed by atoms with Crippen LogP contribution in [-0.4, -0.2) is 24.5 Å². The number of anilines is 1. The Morgan fingerprint density at radius 1 is 1.16 bits per heavy atom. The molecule has 1 atom stereocenters. The van der Waals surface area contributed by atoms with Gasteiger partial charge in [-0.1, -0.05) is 0 Å². The van der Waals surface area contributed by atoms with Gasteiger partial charge < -0.3 is 10.5 Å². The first-order valence-corrected chi connectivity index (χ1v) is 9.51. The molecule has 1 aliphatic rings. The third kappa shape index (κ3) is 3.20. The molecule has 5 rings (SSSR count). The number of benzene rings is 1. The Hall–Kier alpha value is -3.82. The van der Waals surface area contributed by atoms with Crippen LogP contribution in [0.2, 0.25) is 0 Å². The van der Waals surface area contributed by atoms with Crippen molar-refractivity contribution in [1.29, 1.82) is 0 Å². The van der Waals surface area contributed by atoms with Gasteiger partial charge in [-0.25, -0.2) is 14.1 Å². The lowest BCUT2D eigenvalue weighted by atomic mass is 9.99. The highest BCUT2D eigenvalue weighted by molar-refractivity contribution is 5.69. The molecular formula is C21H17F3N6O. The summed E-state index contributed by atoms with van der Waals surface area (Å²) in [5, 5.41) is 8.22. The molecule has 0 saturated carbocycles. The SMILES string of the molecule is CC1Oc2cc(cnc2N)-c2c(cnn2C(F)F)Cn2nccc2-c2ccc(F)cc21. The fourth-order valence-corrected chi connectivity index (χ4v) is 3.86. The molecule has 7 nitrogen and oxygen atoms in total. The molecule has 0 radical (unpaired) electrons. The Bertz CT molecular complexity index is 1280. The van der Waals surface area contributed by atoms with Gasteiger partial charge in [0.15, 0.2) is 11.6 Å². The van der Waals surface area contributed by atoms with E-state index in [1.165, 1.54) is 24.5 Å². The summed E-state index contributed by atoms with van der Waals surface area (Å²) in [6.45, 7) is -0.916. The Morgan fingerprint density at radius 2 is 2.00 bits per heavy atom. The van der Waals surface area contributed by atoms with Crippen LogP contribution in [-0.2, 0) is 6.54 Å². The van der Waals surface area contributed by atoms with E-state index in [2.05, 4.69) is 15.2 Å². The number of nitrogens with two attached hydrogens (primary N) is 1. The molecule has 1 aliphatic heterocycles. The van der Waals surface area contributed by atoms with E-state index in [0.29, 0.717) is 32.6 Å². The van der Waals surface area contributed by atoms with Crippen LogP contribution < -0.4 is 10.5 Å². The van der Waals surface area contributed by atoms with Gasteiger partial charge in [0, 0.05) is 34.6 Å². The zero-order chi connectivity index (χ0) is 21.7. The van der Waals surface area contributed by atoms with Gasteiger partial charge in [0.2, 0.25) is 0 Å². The quantitative estimate of drug-likeness (QED) is 0.487. The summed E-state index contributed by atoms with van der Waals surface area (Å²) in [5.74, 6) is -0.102. The van der Waals surface area contributed by atoms with Gasteiger partial charge in [0.25, 0.3) is 0 Å². The number of hydrogen-bond acceptors (Lipinski definition) is 5. The Morgan fingerprint density at radius 3 is 2.81 bits per heavy atom. The number of pyridine rings is 1. The summed E-state index contributed by atoms with van der Waals surface area (Å²) in [4.78, 5) is 4.12. The summed E-state index contributed by atoms with van der Waals surface area (Å²) in [6.07, 6.45) is 3.77. The third-order valence-electron chi connectivity index (χ3n) is 5.28. The smallest absolute Gasteiger partial charge is 0.333 e. The third-order valence-corrected chi connectivity index (χ3v) is 5.28. The number of rotatable bonds is 1. The maximum absolute atomic E-state index is 14.1. The maximum atomic E-state index is 14.1. The predicted octanol–water partition coefficient (Wildman–Crippen LogP) is 4.43. The van der Waals surface area contributed by atoms with Crippen LogP contribution in [0.4, 0.5) is 19.0 Å². The molecule has 1 unspecified atom stereocenters. The summed E-state index contributed by atoms with van der Waals surface area (Å²) < 4.78 is 49.8. The van der Waals surface area contributed by atoms with Crippen molar-refractivity contribution < 1.29 is 17.9 Å². The number of ether oxygens (including phenoxy) is 1. The number of fused-ring (bicyclic) bond motifs is 7. The van der Waals surface area contributed by atoms with Crippen molar-refractivity contribution >= 4 is 5.82 Å². The standard InChI is InChI=1S/C21H17F3N6O/c1-11-16-7-14(22)2-3-15(16)17-4-5-27-29(17)10-13-9-28-30(21(23)24)19(13)12-6-18(31-11)20(25)26-8-12/h2-9,11,21H,10H2,1H3,(H2,25,26). The van der Waals surface area contributed by atoms with Gasteiger partial charge in [-0.05, 0) is 37.3 Å². The van der Waals surface area contributed by atoms with E-state index in [9.17, 15) is 13.2 Å².